The summed E-state index contributed by atoms with van der Waals surface area (Å²) in [6, 6.07) is 0. The zero-order chi connectivity index (χ0) is 14.3. The summed E-state index contributed by atoms with van der Waals surface area (Å²) < 4.78 is 17.0. The molecule has 3 heterocycles. The Labute approximate surface area is 119 Å². The van der Waals surface area contributed by atoms with Gasteiger partial charge in [-0.2, -0.15) is 0 Å². The van der Waals surface area contributed by atoms with E-state index in [1.165, 1.54) is 0 Å². The molecule has 2 atom stereocenters. The Morgan fingerprint density at radius 1 is 1.20 bits per heavy atom. The average molecular weight is 278 g/mol. The lowest BCUT2D eigenvalue weighted by molar-refractivity contribution is -0.0920. The normalized spacial score (nSPS) is 30.1. The number of ether oxygens (including phenoxy) is 2. The van der Waals surface area contributed by atoms with Gasteiger partial charge in [0.25, 0.3) is 0 Å². The van der Waals surface area contributed by atoms with E-state index in [1.54, 1.807) is 0 Å². The Morgan fingerprint density at radius 3 is 2.60 bits per heavy atom. The molecule has 3 rings (SSSR count). The van der Waals surface area contributed by atoms with Crippen LogP contribution in [0.15, 0.2) is 4.42 Å². The van der Waals surface area contributed by atoms with Crippen LogP contribution >= 0.6 is 0 Å². The summed E-state index contributed by atoms with van der Waals surface area (Å²) in [5, 5.41) is 0. The third-order valence-corrected chi connectivity index (χ3v) is 4.74. The summed E-state index contributed by atoms with van der Waals surface area (Å²) >= 11 is 0. The lowest BCUT2D eigenvalue weighted by Gasteiger charge is -2.36. The Hall–Kier alpha value is -1.13. The number of rotatable bonds is 2. The minimum absolute atomic E-state index is 0.0276. The van der Waals surface area contributed by atoms with Crippen molar-refractivity contribution in [2.45, 2.75) is 45.6 Å². The van der Waals surface area contributed by atoms with Crippen molar-refractivity contribution in [3.05, 3.63) is 22.6 Å². The van der Waals surface area contributed by atoms with Crippen LogP contribution in [0.3, 0.4) is 0 Å². The number of carbonyl (C=O) groups is 1. The van der Waals surface area contributed by atoms with E-state index >= 15 is 0 Å². The minimum Gasteiger partial charge on any atom is -0.466 e. The first-order chi connectivity index (χ1) is 9.52. The molecule has 0 N–H and O–H groups in total. The van der Waals surface area contributed by atoms with Crippen molar-refractivity contribution in [2.24, 2.45) is 5.92 Å². The van der Waals surface area contributed by atoms with E-state index in [2.05, 4.69) is 0 Å². The van der Waals surface area contributed by atoms with E-state index in [9.17, 15) is 4.79 Å². The second kappa shape index (κ2) is 5.01. The summed E-state index contributed by atoms with van der Waals surface area (Å²) in [6.45, 7) is 7.76. The fraction of sp³-hybridized carbons (Fsp3) is 0.688. The molecule has 4 heteroatoms. The van der Waals surface area contributed by atoms with Gasteiger partial charge in [0.1, 0.15) is 11.5 Å². The molecule has 0 amide bonds. The number of carbonyl (C=O) groups excluding carboxylic acids is 1. The van der Waals surface area contributed by atoms with Crippen molar-refractivity contribution in [1.82, 2.24) is 0 Å². The van der Waals surface area contributed by atoms with Crippen LogP contribution in [0.5, 0.6) is 0 Å². The van der Waals surface area contributed by atoms with Crippen molar-refractivity contribution in [2.75, 3.05) is 19.8 Å². The molecule has 0 radical (unpaired) electrons. The molecule has 2 aliphatic heterocycles. The molecule has 0 aliphatic carbocycles. The predicted molar refractivity (Wildman–Crippen MR) is 74.1 cm³/mol. The van der Waals surface area contributed by atoms with E-state index < -0.39 is 0 Å². The van der Waals surface area contributed by atoms with Gasteiger partial charge in [0.05, 0.1) is 17.8 Å². The first kappa shape index (κ1) is 13.8. The van der Waals surface area contributed by atoms with Crippen molar-refractivity contribution in [1.29, 1.82) is 0 Å². The van der Waals surface area contributed by atoms with Crippen LogP contribution < -0.4 is 0 Å². The van der Waals surface area contributed by atoms with Crippen molar-refractivity contribution >= 4 is 5.78 Å². The number of aryl methyl sites for hydroxylation is 2. The van der Waals surface area contributed by atoms with Gasteiger partial charge in [0.15, 0.2) is 5.78 Å². The zero-order valence-corrected chi connectivity index (χ0v) is 12.5. The summed E-state index contributed by atoms with van der Waals surface area (Å²) in [7, 11) is 0. The Morgan fingerprint density at radius 2 is 2.00 bits per heavy atom. The Bertz CT molecular complexity index is 523. The highest BCUT2D eigenvalue weighted by Crippen LogP contribution is 2.38. The van der Waals surface area contributed by atoms with Crippen LogP contribution in [-0.2, 0) is 9.47 Å². The van der Waals surface area contributed by atoms with Gasteiger partial charge in [0, 0.05) is 31.1 Å². The van der Waals surface area contributed by atoms with Gasteiger partial charge in [-0.15, -0.1) is 0 Å². The molecular weight excluding hydrogens is 256 g/mol. The van der Waals surface area contributed by atoms with Gasteiger partial charge in [-0.05, 0) is 33.6 Å². The topological polar surface area (TPSA) is 48.7 Å². The smallest absolute Gasteiger partial charge is 0.169 e. The van der Waals surface area contributed by atoms with Gasteiger partial charge >= 0.3 is 0 Å². The molecule has 1 aromatic rings. The summed E-state index contributed by atoms with van der Waals surface area (Å²) in [5.74, 6) is 1.83. The maximum Gasteiger partial charge on any atom is 0.169 e. The molecule has 2 unspecified atom stereocenters. The van der Waals surface area contributed by atoms with E-state index in [0.29, 0.717) is 13.2 Å². The highest BCUT2D eigenvalue weighted by Gasteiger charge is 2.43. The molecule has 110 valence electrons. The second-order valence-electron chi connectivity index (χ2n) is 6.10. The predicted octanol–water partition coefficient (Wildman–Crippen LogP) is 2.97. The summed E-state index contributed by atoms with van der Waals surface area (Å²) in [4.78, 5) is 12.8. The monoisotopic (exact) mass is 278 g/mol. The van der Waals surface area contributed by atoms with Crippen molar-refractivity contribution in [3.63, 3.8) is 0 Å². The zero-order valence-electron chi connectivity index (χ0n) is 12.5. The van der Waals surface area contributed by atoms with Gasteiger partial charge < -0.3 is 13.9 Å². The fourth-order valence-corrected chi connectivity index (χ4v) is 3.47. The third kappa shape index (κ3) is 2.21. The minimum atomic E-state index is -0.223. The molecule has 0 aromatic carbocycles. The van der Waals surface area contributed by atoms with E-state index in [0.717, 1.165) is 48.5 Å². The maximum absolute atomic E-state index is 12.8. The first-order valence-corrected chi connectivity index (χ1v) is 7.35. The molecule has 1 aromatic heterocycles. The number of furan rings is 1. The van der Waals surface area contributed by atoms with Gasteiger partial charge in [-0.25, -0.2) is 0 Å². The first-order valence-electron chi connectivity index (χ1n) is 7.35. The highest BCUT2D eigenvalue weighted by molar-refractivity contribution is 6.00. The van der Waals surface area contributed by atoms with Crippen LogP contribution in [0.1, 0.15) is 46.7 Å². The molecule has 1 spiro atoms. The van der Waals surface area contributed by atoms with Crippen LogP contribution in [-0.4, -0.2) is 31.2 Å². The van der Waals surface area contributed by atoms with Crippen LogP contribution in [0, 0.1) is 26.7 Å². The largest absolute Gasteiger partial charge is 0.466 e. The number of Topliss-reactive ketones (excluding diaryl/α,β-unsaturated/α-hetero) is 1. The molecular formula is C16H22O4. The molecule has 4 nitrogen and oxygen atoms in total. The molecule has 20 heavy (non-hydrogen) atoms. The summed E-state index contributed by atoms with van der Waals surface area (Å²) in [6.07, 6.45) is 2.47. The standard InChI is InChI=1S/C16H22O4/c1-10-11(2)20-12(3)14(10)15(17)13-4-6-19-16(8-13)5-7-18-9-16/h13H,4-9H2,1-3H3. The molecule has 2 aliphatic rings. The number of ketones is 1. The Kier molecular flexibility index (Phi) is 3.46. The highest BCUT2D eigenvalue weighted by atomic mass is 16.6. The summed E-state index contributed by atoms with van der Waals surface area (Å²) in [5.41, 5.74) is 1.54. The van der Waals surface area contributed by atoms with Gasteiger partial charge in [-0.3, -0.25) is 4.79 Å². The lowest BCUT2D eigenvalue weighted by Crippen LogP contribution is -2.42. The van der Waals surface area contributed by atoms with Gasteiger partial charge in [-0.1, -0.05) is 0 Å². The third-order valence-electron chi connectivity index (χ3n) is 4.74. The fourth-order valence-electron chi connectivity index (χ4n) is 3.47. The van der Waals surface area contributed by atoms with E-state index in [-0.39, 0.29) is 17.3 Å². The SMILES string of the molecule is Cc1oc(C)c(C(=O)C2CCOC3(CCOC3)C2)c1C. The van der Waals surface area contributed by atoms with Crippen molar-refractivity contribution < 1.29 is 18.7 Å². The molecule has 0 bridgehead atoms. The average Bonchev–Trinajstić information content (AvgIpc) is 2.95. The second-order valence-corrected chi connectivity index (χ2v) is 6.10. The lowest BCUT2D eigenvalue weighted by atomic mass is 9.80. The van der Waals surface area contributed by atoms with Crippen LogP contribution in [0.4, 0.5) is 0 Å². The molecule has 2 fully saturated rings. The van der Waals surface area contributed by atoms with E-state index in [1.807, 2.05) is 20.8 Å². The number of hydrogen-bond acceptors (Lipinski definition) is 4. The quantitative estimate of drug-likeness (QED) is 0.780. The van der Waals surface area contributed by atoms with Crippen molar-refractivity contribution in [3.8, 4) is 0 Å². The maximum atomic E-state index is 12.8. The van der Waals surface area contributed by atoms with Crippen LogP contribution in [0.2, 0.25) is 0 Å². The van der Waals surface area contributed by atoms with Crippen LogP contribution in [0.25, 0.3) is 0 Å². The van der Waals surface area contributed by atoms with E-state index in [4.69, 9.17) is 13.9 Å². The van der Waals surface area contributed by atoms with Gasteiger partial charge in [0.2, 0.25) is 0 Å². The molecule has 2 saturated heterocycles. The Balaban J connectivity index is 1.83. The molecule has 0 saturated carbocycles. The number of hydrogen-bond donors (Lipinski definition) is 0.